The van der Waals surface area contributed by atoms with E-state index in [4.69, 9.17) is 5.73 Å². The van der Waals surface area contributed by atoms with E-state index in [2.05, 4.69) is 10.3 Å². The highest BCUT2D eigenvalue weighted by Crippen LogP contribution is 2.36. The van der Waals surface area contributed by atoms with Gasteiger partial charge in [0.25, 0.3) is 5.91 Å². The predicted octanol–water partition coefficient (Wildman–Crippen LogP) is 3.81. The summed E-state index contributed by atoms with van der Waals surface area (Å²) in [5, 5.41) is 13.0. The summed E-state index contributed by atoms with van der Waals surface area (Å²) < 4.78 is 13.9. The van der Waals surface area contributed by atoms with E-state index in [1.165, 1.54) is 6.07 Å². The van der Waals surface area contributed by atoms with Crippen LogP contribution in [0.1, 0.15) is 33.4 Å². The second-order valence-corrected chi connectivity index (χ2v) is 7.44. The highest BCUT2D eigenvalue weighted by atomic mass is 32.1. The monoisotopic (exact) mass is 373 g/mol. The van der Waals surface area contributed by atoms with Crippen LogP contribution in [0.25, 0.3) is 10.2 Å². The molecular weight excluding hydrogens is 353 g/mol. The minimum atomic E-state index is -0.544. The van der Waals surface area contributed by atoms with Crippen molar-refractivity contribution in [3.05, 3.63) is 51.8 Å². The van der Waals surface area contributed by atoms with Gasteiger partial charge in [0.05, 0.1) is 17.5 Å². The standard InChI is InChI=1S/C19H20FN3O2S/c1-9-4-5-13(20)14(6-9)23-18(25)17-16(21)15-12(8-11(3)24)7-10(2)22-19(15)26-17/h4-7,11,24H,8,21H2,1-3H3,(H,23,25). The number of anilines is 2. The number of aliphatic hydroxyl groups excluding tert-OH is 1. The Morgan fingerprint density at radius 3 is 2.81 bits per heavy atom. The maximum atomic E-state index is 13.9. The molecule has 1 aromatic carbocycles. The first kappa shape index (κ1) is 18.3. The number of hydrogen-bond acceptors (Lipinski definition) is 5. The highest BCUT2D eigenvalue weighted by molar-refractivity contribution is 7.21. The Morgan fingerprint density at radius 1 is 1.38 bits per heavy atom. The number of amides is 1. The van der Waals surface area contributed by atoms with Gasteiger partial charge in [-0.3, -0.25) is 4.79 Å². The van der Waals surface area contributed by atoms with Crippen molar-refractivity contribution in [2.45, 2.75) is 33.3 Å². The number of aliphatic hydroxyl groups is 1. The number of fused-ring (bicyclic) bond motifs is 1. The molecule has 3 aromatic rings. The van der Waals surface area contributed by atoms with Crippen LogP contribution in [0.15, 0.2) is 24.3 Å². The molecule has 2 aromatic heterocycles. The molecule has 1 atom stereocenters. The van der Waals surface area contributed by atoms with E-state index in [1.54, 1.807) is 19.1 Å². The second kappa shape index (κ2) is 7.01. The van der Waals surface area contributed by atoms with E-state index in [0.29, 0.717) is 22.3 Å². The van der Waals surface area contributed by atoms with Crippen LogP contribution in [-0.4, -0.2) is 22.1 Å². The Bertz CT molecular complexity index is 998. The van der Waals surface area contributed by atoms with Crippen LogP contribution < -0.4 is 11.1 Å². The third kappa shape index (κ3) is 3.54. The predicted molar refractivity (Wildman–Crippen MR) is 103 cm³/mol. The van der Waals surface area contributed by atoms with E-state index in [0.717, 1.165) is 28.2 Å². The molecule has 5 nitrogen and oxygen atoms in total. The van der Waals surface area contributed by atoms with Crippen LogP contribution in [0, 0.1) is 19.7 Å². The summed E-state index contributed by atoms with van der Waals surface area (Å²) in [7, 11) is 0. The van der Waals surface area contributed by atoms with Crippen molar-refractivity contribution in [3.63, 3.8) is 0 Å². The van der Waals surface area contributed by atoms with Gasteiger partial charge in [-0.05, 0) is 56.5 Å². The van der Waals surface area contributed by atoms with E-state index in [9.17, 15) is 14.3 Å². The molecule has 4 N–H and O–H groups in total. The molecule has 0 fully saturated rings. The van der Waals surface area contributed by atoms with Crippen molar-refractivity contribution < 1.29 is 14.3 Å². The number of nitrogens with zero attached hydrogens (tertiary/aromatic N) is 1. The normalized spacial score (nSPS) is 12.3. The van der Waals surface area contributed by atoms with Gasteiger partial charge in [0, 0.05) is 11.1 Å². The summed E-state index contributed by atoms with van der Waals surface area (Å²) >= 11 is 1.16. The zero-order chi connectivity index (χ0) is 19.0. The third-order valence-electron chi connectivity index (χ3n) is 4.00. The summed E-state index contributed by atoms with van der Waals surface area (Å²) in [5.41, 5.74) is 9.10. The van der Waals surface area contributed by atoms with Crippen LogP contribution in [0.3, 0.4) is 0 Å². The number of carbonyl (C=O) groups is 1. The Kier molecular flexibility index (Phi) is 4.93. The fraction of sp³-hybridized carbons (Fsp3) is 0.263. The first-order valence-electron chi connectivity index (χ1n) is 8.20. The van der Waals surface area contributed by atoms with Gasteiger partial charge < -0.3 is 16.2 Å². The Labute approximate surface area is 154 Å². The molecule has 26 heavy (non-hydrogen) atoms. The molecular formula is C19H20FN3O2S. The number of nitrogen functional groups attached to an aromatic ring is 1. The molecule has 136 valence electrons. The van der Waals surface area contributed by atoms with Gasteiger partial charge in [0.2, 0.25) is 0 Å². The maximum absolute atomic E-state index is 13.9. The largest absolute Gasteiger partial charge is 0.397 e. The number of halogens is 1. The van der Waals surface area contributed by atoms with E-state index >= 15 is 0 Å². The average molecular weight is 373 g/mol. The summed E-state index contributed by atoms with van der Waals surface area (Å²) in [6.45, 7) is 5.36. The smallest absolute Gasteiger partial charge is 0.268 e. The van der Waals surface area contributed by atoms with Gasteiger partial charge in [-0.25, -0.2) is 9.37 Å². The molecule has 2 heterocycles. The minimum Gasteiger partial charge on any atom is -0.397 e. The van der Waals surface area contributed by atoms with Crippen LogP contribution in [0.2, 0.25) is 0 Å². The Hall–Kier alpha value is -2.51. The van der Waals surface area contributed by atoms with Crippen molar-refractivity contribution >= 4 is 38.8 Å². The number of aromatic nitrogens is 1. The summed E-state index contributed by atoms with van der Waals surface area (Å²) in [6, 6.07) is 6.37. The van der Waals surface area contributed by atoms with E-state index in [-0.39, 0.29) is 10.6 Å². The van der Waals surface area contributed by atoms with Crippen molar-refractivity contribution in [3.8, 4) is 0 Å². The molecule has 0 aliphatic carbocycles. The lowest BCUT2D eigenvalue weighted by atomic mass is 10.0. The lowest BCUT2D eigenvalue weighted by Gasteiger charge is -2.08. The number of thiophene rings is 1. The highest BCUT2D eigenvalue weighted by Gasteiger charge is 2.21. The molecule has 7 heteroatoms. The number of pyridine rings is 1. The molecule has 0 bridgehead atoms. The van der Waals surface area contributed by atoms with E-state index < -0.39 is 17.8 Å². The molecule has 0 saturated carbocycles. The first-order valence-corrected chi connectivity index (χ1v) is 9.02. The number of benzene rings is 1. The van der Waals surface area contributed by atoms with Crippen molar-refractivity contribution in [2.24, 2.45) is 0 Å². The lowest BCUT2D eigenvalue weighted by molar-refractivity contribution is 0.103. The van der Waals surface area contributed by atoms with Crippen LogP contribution in [-0.2, 0) is 6.42 Å². The first-order chi connectivity index (χ1) is 12.3. The van der Waals surface area contributed by atoms with Gasteiger partial charge >= 0.3 is 0 Å². The molecule has 1 amide bonds. The van der Waals surface area contributed by atoms with Crippen LogP contribution in [0.5, 0.6) is 0 Å². The van der Waals surface area contributed by atoms with Crippen molar-refractivity contribution in [1.82, 2.24) is 4.98 Å². The van der Waals surface area contributed by atoms with Gasteiger partial charge in [-0.2, -0.15) is 0 Å². The van der Waals surface area contributed by atoms with Gasteiger partial charge in [-0.1, -0.05) is 6.07 Å². The summed E-state index contributed by atoms with van der Waals surface area (Å²) in [5.74, 6) is -0.983. The van der Waals surface area contributed by atoms with Crippen LogP contribution in [0.4, 0.5) is 15.8 Å². The number of nitrogens with one attached hydrogen (secondary N) is 1. The number of nitrogens with two attached hydrogens (primary N) is 1. The zero-order valence-electron chi connectivity index (χ0n) is 14.8. The third-order valence-corrected chi connectivity index (χ3v) is 5.10. The number of hydrogen-bond donors (Lipinski definition) is 3. The molecule has 1 unspecified atom stereocenters. The molecule has 0 radical (unpaired) electrons. The van der Waals surface area contributed by atoms with Gasteiger partial charge in [0.15, 0.2) is 0 Å². The molecule has 0 aliphatic rings. The Balaban J connectivity index is 2.04. The number of aryl methyl sites for hydroxylation is 2. The SMILES string of the molecule is Cc1ccc(F)c(NC(=O)c2sc3nc(C)cc(CC(C)O)c3c2N)c1. The zero-order valence-corrected chi connectivity index (χ0v) is 15.6. The quantitative estimate of drug-likeness (QED) is 0.649. The van der Waals surface area contributed by atoms with Crippen LogP contribution >= 0.6 is 11.3 Å². The molecule has 3 rings (SSSR count). The van der Waals surface area contributed by atoms with Crippen molar-refractivity contribution in [1.29, 1.82) is 0 Å². The summed E-state index contributed by atoms with van der Waals surface area (Å²) in [6.07, 6.45) is -0.132. The second-order valence-electron chi connectivity index (χ2n) is 6.44. The number of rotatable bonds is 4. The molecule has 0 saturated heterocycles. The fourth-order valence-electron chi connectivity index (χ4n) is 2.90. The maximum Gasteiger partial charge on any atom is 0.268 e. The summed E-state index contributed by atoms with van der Waals surface area (Å²) in [4.78, 5) is 18.0. The molecule has 0 spiro atoms. The minimum absolute atomic E-state index is 0.111. The fourth-order valence-corrected chi connectivity index (χ4v) is 3.98. The lowest BCUT2D eigenvalue weighted by Crippen LogP contribution is -2.13. The van der Waals surface area contributed by atoms with Gasteiger partial charge in [-0.15, -0.1) is 11.3 Å². The van der Waals surface area contributed by atoms with E-state index in [1.807, 2.05) is 19.9 Å². The van der Waals surface area contributed by atoms with Gasteiger partial charge in [0.1, 0.15) is 15.5 Å². The number of carbonyl (C=O) groups excluding carboxylic acids is 1. The topological polar surface area (TPSA) is 88.2 Å². The molecule has 0 aliphatic heterocycles. The van der Waals surface area contributed by atoms with Crippen molar-refractivity contribution in [2.75, 3.05) is 11.1 Å². The Morgan fingerprint density at radius 2 is 2.12 bits per heavy atom. The average Bonchev–Trinajstić information content (AvgIpc) is 2.87.